The number of hydrogen-bond donors (Lipinski definition) is 1. The lowest BCUT2D eigenvalue weighted by atomic mass is 9.97. The van der Waals surface area contributed by atoms with E-state index in [2.05, 4.69) is 27.0 Å². The largest absolute Gasteiger partial charge is 0.322 e. The number of thiazole rings is 1. The number of nitrogens with one attached hydrogen (secondary N) is 1. The highest BCUT2D eigenvalue weighted by atomic mass is 32.1. The van der Waals surface area contributed by atoms with Crippen LogP contribution in [0.5, 0.6) is 0 Å². The monoisotopic (exact) mass is 451 g/mol. The van der Waals surface area contributed by atoms with Gasteiger partial charge in [0, 0.05) is 39.6 Å². The molecule has 5 nitrogen and oxygen atoms in total. The van der Waals surface area contributed by atoms with Crippen LogP contribution in [0.15, 0.2) is 84.4 Å². The topological polar surface area (TPSA) is 63.5 Å². The van der Waals surface area contributed by atoms with Crippen molar-refractivity contribution in [1.29, 1.82) is 0 Å². The van der Waals surface area contributed by atoms with Crippen molar-refractivity contribution in [2.45, 2.75) is 13.8 Å². The van der Waals surface area contributed by atoms with Crippen LogP contribution in [-0.4, -0.2) is 21.1 Å². The van der Waals surface area contributed by atoms with Crippen molar-refractivity contribution >= 4 is 33.7 Å². The van der Waals surface area contributed by atoms with Gasteiger partial charge in [0.25, 0.3) is 5.91 Å². The molecule has 0 spiro atoms. The van der Waals surface area contributed by atoms with Gasteiger partial charge in [0.1, 0.15) is 0 Å². The number of aryl methyl sites for hydroxylation is 2. The summed E-state index contributed by atoms with van der Waals surface area (Å²) in [6.07, 6.45) is 2.02. The molecule has 5 aromatic rings. The van der Waals surface area contributed by atoms with Crippen molar-refractivity contribution in [3.63, 3.8) is 0 Å². The van der Waals surface area contributed by atoms with Gasteiger partial charge in [-0.3, -0.25) is 14.0 Å². The minimum Gasteiger partial charge on any atom is -0.322 e. The van der Waals surface area contributed by atoms with Gasteiger partial charge >= 0.3 is 0 Å². The Labute approximate surface area is 195 Å². The minimum absolute atomic E-state index is 0.175. The summed E-state index contributed by atoms with van der Waals surface area (Å²) in [4.78, 5) is 31.7. The molecule has 33 heavy (non-hydrogen) atoms. The molecular weight excluding hydrogens is 430 g/mol. The number of carbonyl (C=O) groups is 2. The fourth-order valence-corrected chi connectivity index (χ4v) is 4.55. The second-order valence-corrected chi connectivity index (χ2v) is 8.76. The maximum Gasteiger partial charge on any atom is 0.256 e. The number of ketones is 1. The smallest absolute Gasteiger partial charge is 0.256 e. The fraction of sp³-hybridized carbons (Fsp3) is 0.0741. The van der Waals surface area contributed by atoms with Crippen molar-refractivity contribution in [3.05, 3.63) is 112 Å². The lowest BCUT2D eigenvalue weighted by Gasteiger charge is -2.10. The van der Waals surface area contributed by atoms with Gasteiger partial charge in [0.15, 0.2) is 10.7 Å². The molecule has 1 amide bonds. The highest BCUT2D eigenvalue weighted by Crippen LogP contribution is 2.25. The van der Waals surface area contributed by atoms with Crippen LogP contribution in [0.4, 0.5) is 5.69 Å². The molecule has 0 aliphatic rings. The van der Waals surface area contributed by atoms with Crippen LogP contribution < -0.4 is 5.32 Å². The lowest BCUT2D eigenvalue weighted by Crippen LogP contribution is -2.17. The van der Waals surface area contributed by atoms with Gasteiger partial charge in [-0.15, -0.1) is 11.3 Å². The molecular formula is C27H21N3O2S. The van der Waals surface area contributed by atoms with Crippen molar-refractivity contribution in [2.75, 3.05) is 5.32 Å². The van der Waals surface area contributed by atoms with E-state index in [1.807, 2.05) is 49.5 Å². The Morgan fingerprint density at radius 3 is 2.27 bits per heavy atom. The number of benzene rings is 3. The Kier molecular flexibility index (Phi) is 5.36. The Morgan fingerprint density at radius 1 is 0.879 bits per heavy atom. The van der Waals surface area contributed by atoms with E-state index in [9.17, 15) is 9.59 Å². The molecule has 5 rings (SSSR count). The predicted octanol–water partition coefficient (Wildman–Crippen LogP) is 6.16. The lowest BCUT2D eigenvalue weighted by molar-refractivity contribution is 0.0996. The number of fused-ring (bicyclic) bond motifs is 1. The zero-order valence-electron chi connectivity index (χ0n) is 18.2. The van der Waals surface area contributed by atoms with Crippen LogP contribution in [-0.2, 0) is 0 Å². The van der Waals surface area contributed by atoms with Crippen LogP contribution in [0.2, 0.25) is 0 Å². The molecule has 0 saturated carbocycles. The Bertz CT molecular complexity index is 1480. The van der Waals surface area contributed by atoms with Crippen LogP contribution in [0.25, 0.3) is 16.2 Å². The molecule has 0 bridgehead atoms. The van der Waals surface area contributed by atoms with Gasteiger partial charge in [-0.25, -0.2) is 4.98 Å². The first-order valence-corrected chi connectivity index (χ1v) is 11.4. The van der Waals surface area contributed by atoms with Crippen LogP contribution in [0.3, 0.4) is 0 Å². The Morgan fingerprint density at radius 2 is 1.58 bits per heavy atom. The molecule has 0 radical (unpaired) electrons. The summed E-state index contributed by atoms with van der Waals surface area (Å²) in [5, 5.41) is 4.98. The van der Waals surface area contributed by atoms with Gasteiger partial charge in [0.2, 0.25) is 0 Å². The summed E-state index contributed by atoms with van der Waals surface area (Å²) in [6.45, 7) is 4.02. The van der Waals surface area contributed by atoms with E-state index in [0.29, 0.717) is 22.4 Å². The second kappa shape index (κ2) is 8.48. The van der Waals surface area contributed by atoms with Gasteiger partial charge in [0.05, 0.1) is 11.3 Å². The quantitative estimate of drug-likeness (QED) is 0.325. The summed E-state index contributed by atoms with van der Waals surface area (Å²) in [5.41, 5.74) is 6.01. The predicted molar refractivity (Wildman–Crippen MR) is 132 cm³/mol. The molecule has 2 heterocycles. The third kappa shape index (κ3) is 4.08. The molecule has 162 valence electrons. The van der Waals surface area contributed by atoms with Gasteiger partial charge in [-0.05, 0) is 32.0 Å². The van der Waals surface area contributed by atoms with Crippen molar-refractivity contribution in [2.24, 2.45) is 0 Å². The fourth-order valence-electron chi connectivity index (χ4n) is 3.70. The van der Waals surface area contributed by atoms with E-state index in [4.69, 9.17) is 0 Å². The number of aromatic nitrogens is 2. The highest BCUT2D eigenvalue weighted by molar-refractivity contribution is 7.15. The van der Waals surface area contributed by atoms with Gasteiger partial charge in [-0.1, -0.05) is 60.2 Å². The van der Waals surface area contributed by atoms with E-state index < -0.39 is 0 Å². The molecule has 3 aromatic carbocycles. The summed E-state index contributed by atoms with van der Waals surface area (Å²) in [7, 11) is 0. The first-order valence-electron chi connectivity index (χ1n) is 10.5. The third-order valence-electron chi connectivity index (χ3n) is 5.56. The number of nitrogens with zero attached hydrogens (tertiary/aromatic N) is 2. The molecule has 0 saturated heterocycles. The molecule has 1 N–H and O–H groups in total. The minimum atomic E-state index is -0.322. The number of hydrogen-bond acceptors (Lipinski definition) is 4. The van der Waals surface area contributed by atoms with E-state index in [0.717, 1.165) is 27.5 Å². The number of imidazole rings is 1. The Hall–Kier alpha value is -4.03. The summed E-state index contributed by atoms with van der Waals surface area (Å²) in [6, 6.07) is 21.8. The maximum atomic E-state index is 13.0. The van der Waals surface area contributed by atoms with E-state index in [1.54, 1.807) is 47.7 Å². The van der Waals surface area contributed by atoms with Crippen LogP contribution >= 0.6 is 11.3 Å². The van der Waals surface area contributed by atoms with E-state index in [1.165, 1.54) is 0 Å². The second-order valence-electron chi connectivity index (χ2n) is 7.93. The third-order valence-corrected chi connectivity index (χ3v) is 6.51. The molecule has 0 fully saturated rings. The van der Waals surface area contributed by atoms with Crippen molar-refractivity contribution in [3.8, 4) is 11.3 Å². The van der Waals surface area contributed by atoms with E-state index in [-0.39, 0.29) is 11.7 Å². The number of rotatable bonds is 5. The first kappa shape index (κ1) is 20.8. The normalized spacial score (nSPS) is 11.0. The highest BCUT2D eigenvalue weighted by Gasteiger charge is 2.18. The average Bonchev–Trinajstić information content (AvgIpc) is 3.41. The summed E-state index contributed by atoms with van der Waals surface area (Å²) >= 11 is 1.61. The molecule has 0 aliphatic heterocycles. The molecule has 0 unspecified atom stereocenters. The van der Waals surface area contributed by atoms with Crippen molar-refractivity contribution in [1.82, 2.24) is 9.38 Å². The molecule has 2 aromatic heterocycles. The molecule has 0 aliphatic carbocycles. The number of carbonyl (C=O) groups excluding carboxylic acids is 2. The zero-order valence-corrected chi connectivity index (χ0v) is 19.0. The standard InChI is InChI=1S/C27H21N3O2S/c1-17-7-9-20(10-8-17)25(31)22-5-3-4-6-23(22)26(32)28-21-13-11-19(12-14-21)24-15-30-18(2)16-33-27(30)29-24/h3-16H,1-2H3,(H,28,32). The molecule has 0 atom stereocenters. The van der Waals surface area contributed by atoms with Gasteiger partial charge in [-0.2, -0.15) is 0 Å². The number of anilines is 1. The molecule has 6 heteroatoms. The van der Waals surface area contributed by atoms with E-state index >= 15 is 0 Å². The zero-order chi connectivity index (χ0) is 22.9. The van der Waals surface area contributed by atoms with Crippen molar-refractivity contribution < 1.29 is 9.59 Å². The average molecular weight is 452 g/mol. The summed E-state index contributed by atoms with van der Waals surface area (Å²) < 4.78 is 2.07. The van der Waals surface area contributed by atoms with Gasteiger partial charge < -0.3 is 5.32 Å². The summed E-state index contributed by atoms with van der Waals surface area (Å²) in [5.74, 6) is -0.497. The first-order chi connectivity index (χ1) is 16.0. The SMILES string of the molecule is Cc1ccc(C(=O)c2ccccc2C(=O)Nc2ccc(-c3cn4c(C)csc4n3)cc2)cc1. The van der Waals surface area contributed by atoms with Crippen LogP contribution in [0, 0.1) is 13.8 Å². The van der Waals surface area contributed by atoms with Crippen LogP contribution in [0.1, 0.15) is 37.5 Å². The number of amides is 1. The Balaban J connectivity index is 1.36. The maximum absolute atomic E-state index is 13.0.